The van der Waals surface area contributed by atoms with Gasteiger partial charge in [-0.15, -0.1) is 11.3 Å². The molecule has 0 spiro atoms. The summed E-state index contributed by atoms with van der Waals surface area (Å²) in [6.45, 7) is 3.07. The standard InChI is InChI=1S/C26H27NO5S/c1-29-20-5-3-19(4-6-20)26(10-12-30-13-11-26)17-27-25(28)24-9-8-23(33-24)18-2-7-21-22(16-18)32-15-14-31-21/h2-9,16H,10-15,17H2,1H3,(H,27,28). The van der Waals surface area contributed by atoms with Crippen LogP contribution in [0.4, 0.5) is 0 Å². The van der Waals surface area contributed by atoms with E-state index in [4.69, 9.17) is 18.9 Å². The van der Waals surface area contributed by atoms with Crippen LogP contribution in [0.1, 0.15) is 28.1 Å². The van der Waals surface area contributed by atoms with E-state index in [1.54, 1.807) is 7.11 Å². The van der Waals surface area contributed by atoms with Gasteiger partial charge in [0.1, 0.15) is 19.0 Å². The summed E-state index contributed by atoms with van der Waals surface area (Å²) in [5.74, 6) is 2.29. The fourth-order valence-electron chi connectivity index (χ4n) is 4.42. The molecule has 172 valence electrons. The van der Waals surface area contributed by atoms with Gasteiger partial charge in [0, 0.05) is 30.1 Å². The average molecular weight is 466 g/mol. The van der Waals surface area contributed by atoms with Crippen molar-refractivity contribution >= 4 is 17.2 Å². The molecule has 7 heteroatoms. The lowest BCUT2D eigenvalue weighted by Gasteiger charge is -2.38. The number of rotatable bonds is 6. The smallest absolute Gasteiger partial charge is 0.261 e. The quantitative estimate of drug-likeness (QED) is 0.573. The molecule has 0 saturated carbocycles. The van der Waals surface area contributed by atoms with Gasteiger partial charge in [0.25, 0.3) is 5.91 Å². The molecule has 0 radical (unpaired) electrons. The van der Waals surface area contributed by atoms with Crippen LogP contribution in [-0.2, 0) is 10.2 Å². The van der Waals surface area contributed by atoms with Gasteiger partial charge in [-0.05, 0) is 66.4 Å². The van der Waals surface area contributed by atoms with Crippen molar-refractivity contribution in [2.45, 2.75) is 18.3 Å². The lowest BCUT2D eigenvalue weighted by molar-refractivity contribution is 0.0487. The normalized spacial score (nSPS) is 16.8. The van der Waals surface area contributed by atoms with E-state index >= 15 is 0 Å². The van der Waals surface area contributed by atoms with Gasteiger partial charge in [0.05, 0.1) is 12.0 Å². The van der Waals surface area contributed by atoms with Crippen molar-refractivity contribution in [2.24, 2.45) is 0 Å². The molecule has 2 aliphatic heterocycles. The van der Waals surface area contributed by atoms with Crippen molar-refractivity contribution in [3.8, 4) is 27.7 Å². The Morgan fingerprint density at radius 3 is 2.48 bits per heavy atom. The number of benzene rings is 2. The minimum Gasteiger partial charge on any atom is -0.497 e. The minimum atomic E-state index is -0.143. The van der Waals surface area contributed by atoms with Crippen molar-refractivity contribution < 1.29 is 23.7 Å². The number of hydrogen-bond acceptors (Lipinski definition) is 6. The van der Waals surface area contributed by atoms with Crippen LogP contribution in [0.15, 0.2) is 54.6 Å². The molecule has 1 N–H and O–H groups in total. The van der Waals surface area contributed by atoms with Crippen LogP contribution in [0.5, 0.6) is 17.2 Å². The Hall–Kier alpha value is -3.03. The van der Waals surface area contributed by atoms with Crippen molar-refractivity contribution in [2.75, 3.05) is 40.1 Å². The lowest BCUT2D eigenvalue weighted by Crippen LogP contribution is -2.44. The number of carbonyl (C=O) groups is 1. The number of thiophene rings is 1. The van der Waals surface area contributed by atoms with Crippen LogP contribution < -0.4 is 19.5 Å². The van der Waals surface area contributed by atoms with Gasteiger partial charge in [0.2, 0.25) is 0 Å². The van der Waals surface area contributed by atoms with E-state index in [0.717, 1.165) is 40.5 Å². The molecule has 1 saturated heterocycles. The van der Waals surface area contributed by atoms with Gasteiger partial charge in [-0.25, -0.2) is 0 Å². The number of carbonyl (C=O) groups excluding carboxylic acids is 1. The Labute approximate surface area is 197 Å². The van der Waals surface area contributed by atoms with Gasteiger partial charge in [-0.2, -0.15) is 0 Å². The van der Waals surface area contributed by atoms with E-state index in [1.807, 2.05) is 42.5 Å². The number of hydrogen-bond donors (Lipinski definition) is 1. The van der Waals surface area contributed by atoms with E-state index in [0.29, 0.717) is 37.8 Å². The van der Waals surface area contributed by atoms with Crippen LogP contribution >= 0.6 is 11.3 Å². The molecule has 3 aromatic rings. The summed E-state index contributed by atoms with van der Waals surface area (Å²) in [4.78, 5) is 14.8. The first-order valence-corrected chi connectivity index (χ1v) is 12.0. The molecule has 33 heavy (non-hydrogen) atoms. The van der Waals surface area contributed by atoms with Gasteiger partial charge in [0.15, 0.2) is 11.5 Å². The number of ether oxygens (including phenoxy) is 4. The Bertz CT molecular complexity index is 1120. The van der Waals surface area contributed by atoms with Crippen molar-refractivity contribution in [3.63, 3.8) is 0 Å². The van der Waals surface area contributed by atoms with E-state index in [-0.39, 0.29) is 11.3 Å². The van der Waals surface area contributed by atoms with E-state index < -0.39 is 0 Å². The van der Waals surface area contributed by atoms with E-state index in [1.165, 1.54) is 16.9 Å². The summed E-state index contributed by atoms with van der Waals surface area (Å²) < 4.78 is 22.2. The summed E-state index contributed by atoms with van der Waals surface area (Å²) in [6.07, 6.45) is 1.74. The number of methoxy groups -OCH3 is 1. The van der Waals surface area contributed by atoms with Gasteiger partial charge in [-0.3, -0.25) is 4.79 Å². The molecule has 0 bridgehead atoms. The molecule has 1 fully saturated rings. The minimum absolute atomic E-state index is 0.0526. The number of fused-ring (bicyclic) bond motifs is 1. The first kappa shape index (κ1) is 21.8. The second kappa shape index (κ2) is 9.45. The molecule has 0 unspecified atom stereocenters. The fraction of sp³-hybridized carbons (Fsp3) is 0.346. The Morgan fingerprint density at radius 2 is 1.73 bits per heavy atom. The molecule has 3 heterocycles. The molecule has 2 aliphatic rings. The zero-order valence-electron chi connectivity index (χ0n) is 18.6. The third kappa shape index (κ3) is 4.56. The van der Waals surface area contributed by atoms with Crippen LogP contribution in [0.2, 0.25) is 0 Å². The molecule has 0 atom stereocenters. The highest BCUT2D eigenvalue weighted by molar-refractivity contribution is 7.17. The predicted molar refractivity (Wildman–Crippen MR) is 128 cm³/mol. The zero-order valence-corrected chi connectivity index (χ0v) is 19.4. The number of nitrogens with one attached hydrogen (secondary N) is 1. The van der Waals surface area contributed by atoms with Gasteiger partial charge >= 0.3 is 0 Å². The molecule has 1 amide bonds. The molecular formula is C26H27NO5S. The third-order valence-corrected chi connectivity index (χ3v) is 7.53. The molecule has 0 aliphatic carbocycles. The second-order valence-electron chi connectivity index (χ2n) is 8.33. The summed E-state index contributed by atoms with van der Waals surface area (Å²) >= 11 is 1.48. The van der Waals surface area contributed by atoms with Crippen molar-refractivity contribution in [1.82, 2.24) is 5.32 Å². The summed E-state index contributed by atoms with van der Waals surface area (Å²) in [7, 11) is 1.67. The van der Waals surface area contributed by atoms with Crippen molar-refractivity contribution in [3.05, 3.63) is 65.0 Å². The largest absolute Gasteiger partial charge is 0.497 e. The maximum atomic E-state index is 13.0. The first-order chi connectivity index (χ1) is 16.2. The summed E-state index contributed by atoms with van der Waals surface area (Å²) in [5.41, 5.74) is 2.08. The fourth-order valence-corrected chi connectivity index (χ4v) is 5.34. The Balaban J connectivity index is 1.30. The topological polar surface area (TPSA) is 66.0 Å². The maximum absolute atomic E-state index is 13.0. The third-order valence-electron chi connectivity index (χ3n) is 6.40. The van der Waals surface area contributed by atoms with E-state index in [2.05, 4.69) is 17.4 Å². The molecule has 2 aromatic carbocycles. The lowest BCUT2D eigenvalue weighted by atomic mass is 9.74. The second-order valence-corrected chi connectivity index (χ2v) is 9.41. The van der Waals surface area contributed by atoms with Gasteiger partial charge in [-0.1, -0.05) is 12.1 Å². The Kier molecular flexibility index (Phi) is 6.24. The first-order valence-electron chi connectivity index (χ1n) is 11.2. The molecule has 1 aromatic heterocycles. The number of amides is 1. The molecule has 6 nitrogen and oxygen atoms in total. The summed E-state index contributed by atoms with van der Waals surface area (Å²) in [6, 6.07) is 17.9. The Morgan fingerprint density at radius 1 is 0.970 bits per heavy atom. The highest BCUT2D eigenvalue weighted by atomic mass is 32.1. The van der Waals surface area contributed by atoms with Crippen LogP contribution in [0.3, 0.4) is 0 Å². The van der Waals surface area contributed by atoms with Gasteiger partial charge < -0.3 is 24.3 Å². The average Bonchev–Trinajstić information content (AvgIpc) is 3.38. The van der Waals surface area contributed by atoms with Crippen LogP contribution in [0.25, 0.3) is 10.4 Å². The van der Waals surface area contributed by atoms with Crippen molar-refractivity contribution in [1.29, 1.82) is 0 Å². The highest BCUT2D eigenvalue weighted by Gasteiger charge is 2.35. The highest BCUT2D eigenvalue weighted by Crippen LogP contribution is 2.38. The molecule has 5 rings (SSSR count). The van der Waals surface area contributed by atoms with E-state index in [9.17, 15) is 4.79 Å². The SMILES string of the molecule is COc1ccc(C2(CNC(=O)c3ccc(-c4ccc5c(c4)OCCO5)s3)CCOCC2)cc1. The zero-order chi connectivity index (χ0) is 22.7. The van der Waals surface area contributed by atoms with Crippen LogP contribution in [-0.4, -0.2) is 46.0 Å². The molecular weight excluding hydrogens is 438 g/mol. The maximum Gasteiger partial charge on any atom is 0.261 e. The predicted octanol–water partition coefficient (Wildman–Crippen LogP) is 4.67. The van der Waals surface area contributed by atoms with Crippen LogP contribution in [0, 0.1) is 0 Å². The monoisotopic (exact) mass is 465 g/mol. The summed E-state index contributed by atoms with van der Waals surface area (Å²) in [5, 5.41) is 3.19.